The highest BCUT2D eigenvalue weighted by atomic mass is 32.1. The van der Waals surface area contributed by atoms with Gasteiger partial charge in [-0.05, 0) is 12.1 Å². The zero-order valence-corrected chi connectivity index (χ0v) is 11.4. The molecule has 4 heteroatoms. The normalized spacial score (nSPS) is 10.4. The zero-order valence-electron chi connectivity index (χ0n) is 10.6. The topological polar surface area (TPSA) is 52.0 Å². The standard InChI is InChI=1S/C16H12N2OS/c17-15(20)13-14(11-7-3-1-4-8-11)19-16(18-13)12-9-5-2-6-10-12/h1-10H,(H2,17,20). The van der Waals surface area contributed by atoms with Crippen molar-refractivity contribution in [2.24, 2.45) is 5.73 Å². The molecule has 0 bridgehead atoms. The second-order valence-electron chi connectivity index (χ2n) is 4.29. The van der Waals surface area contributed by atoms with Crippen molar-refractivity contribution in [1.29, 1.82) is 0 Å². The number of hydrogen-bond acceptors (Lipinski definition) is 3. The Balaban J connectivity index is 2.15. The van der Waals surface area contributed by atoms with Gasteiger partial charge in [0, 0.05) is 11.1 Å². The van der Waals surface area contributed by atoms with E-state index < -0.39 is 0 Å². The van der Waals surface area contributed by atoms with Crippen LogP contribution >= 0.6 is 12.2 Å². The number of nitrogens with two attached hydrogens (primary N) is 1. The summed E-state index contributed by atoms with van der Waals surface area (Å²) in [6, 6.07) is 19.4. The zero-order chi connectivity index (χ0) is 13.9. The fourth-order valence-corrected chi connectivity index (χ4v) is 2.11. The Hall–Kier alpha value is -2.46. The summed E-state index contributed by atoms with van der Waals surface area (Å²) < 4.78 is 5.87. The van der Waals surface area contributed by atoms with Crippen molar-refractivity contribution in [1.82, 2.24) is 4.98 Å². The van der Waals surface area contributed by atoms with Crippen molar-refractivity contribution in [3.8, 4) is 22.8 Å². The molecule has 0 aliphatic carbocycles. The number of benzene rings is 2. The molecule has 0 saturated carbocycles. The highest BCUT2D eigenvalue weighted by molar-refractivity contribution is 7.80. The van der Waals surface area contributed by atoms with Crippen LogP contribution < -0.4 is 5.73 Å². The molecule has 1 heterocycles. The number of aromatic nitrogens is 1. The molecule has 3 nitrogen and oxygen atoms in total. The monoisotopic (exact) mass is 280 g/mol. The first-order valence-electron chi connectivity index (χ1n) is 6.17. The maximum absolute atomic E-state index is 5.87. The molecule has 0 atom stereocenters. The van der Waals surface area contributed by atoms with Gasteiger partial charge in [-0.1, -0.05) is 60.7 Å². The van der Waals surface area contributed by atoms with Crippen LogP contribution in [0.25, 0.3) is 22.8 Å². The summed E-state index contributed by atoms with van der Waals surface area (Å²) in [6.07, 6.45) is 0. The Bertz CT molecular complexity index is 736. The van der Waals surface area contributed by atoms with Gasteiger partial charge in [0.15, 0.2) is 5.76 Å². The number of thiocarbonyl (C=S) groups is 1. The average molecular weight is 280 g/mol. The average Bonchev–Trinajstić information content (AvgIpc) is 2.94. The Kier molecular flexibility index (Phi) is 3.31. The number of oxazole rings is 1. The van der Waals surface area contributed by atoms with Crippen molar-refractivity contribution < 1.29 is 4.42 Å². The van der Waals surface area contributed by atoms with Gasteiger partial charge >= 0.3 is 0 Å². The third-order valence-corrected chi connectivity index (χ3v) is 3.11. The molecule has 0 fully saturated rings. The molecule has 0 amide bonds. The van der Waals surface area contributed by atoms with Crippen LogP contribution in [0.2, 0.25) is 0 Å². The molecule has 0 spiro atoms. The molecule has 98 valence electrons. The van der Waals surface area contributed by atoms with Gasteiger partial charge in [0.05, 0.1) is 0 Å². The van der Waals surface area contributed by atoms with E-state index in [9.17, 15) is 0 Å². The molecule has 20 heavy (non-hydrogen) atoms. The highest BCUT2D eigenvalue weighted by Crippen LogP contribution is 2.29. The summed E-state index contributed by atoms with van der Waals surface area (Å²) in [5.74, 6) is 1.13. The van der Waals surface area contributed by atoms with Crippen molar-refractivity contribution in [3.63, 3.8) is 0 Å². The molecule has 2 aromatic carbocycles. The SMILES string of the molecule is NC(=S)c1nc(-c2ccccc2)oc1-c1ccccc1. The van der Waals surface area contributed by atoms with Crippen molar-refractivity contribution in [2.75, 3.05) is 0 Å². The van der Waals surface area contributed by atoms with Crippen LogP contribution in [0.3, 0.4) is 0 Å². The van der Waals surface area contributed by atoms with E-state index in [0.717, 1.165) is 11.1 Å². The third kappa shape index (κ3) is 2.33. The van der Waals surface area contributed by atoms with Crippen LogP contribution in [0.1, 0.15) is 5.69 Å². The van der Waals surface area contributed by atoms with E-state index in [0.29, 0.717) is 17.3 Å². The first-order valence-corrected chi connectivity index (χ1v) is 6.58. The number of rotatable bonds is 3. The van der Waals surface area contributed by atoms with Gasteiger partial charge in [0.2, 0.25) is 5.89 Å². The first kappa shape index (κ1) is 12.6. The molecule has 0 unspecified atom stereocenters. The lowest BCUT2D eigenvalue weighted by Crippen LogP contribution is -2.11. The lowest BCUT2D eigenvalue weighted by Gasteiger charge is -1.98. The Morgan fingerprint density at radius 2 is 1.45 bits per heavy atom. The second-order valence-corrected chi connectivity index (χ2v) is 4.73. The molecule has 0 aliphatic rings. The molecular formula is C16H12N2OS. The minimum Gasteiger partial charge on any atom is -0.435 e. The molecule has 2 N–H and O–H groups in total. The molecule has 0 aliphatic heterocycles. The van der Waals surface area contributed by atoms with Gasteiger partial charge in [-0.3, -0.25) is 0 Å². The van der Waals surface area contributed by atoms with E-state index >= 15 is 0 Å². The summed E-state index contributed by atoms with van der Waals surface area (Å²) in [5, 5.41) is 0. The number of nitrogens with zero attached hydrogens (tertiary/aromatic N) is 1. The van der Waals surface area contributed by atoms with Crippen LogP contribution in [-0.2, 0) is 0 Å². The minimum atomic E-state index is 0.231. The predicted octanol–water partition coefficient (Wildman–Crippen LogP) is 3.64. The van der Waals surface area contributed by atoms with Gasteiger partial charge in [-0.15, -0.1) is 0 Å². The van der Waals surface area contributed by atoms with Crippen molar-refractivity contribution >= 4 is 17.2 Å². The lowest BCUT2D eigenvalue weighted by molar-refractivity contribution is 0.588. The second kappa shape index (κ2) is 5.27. The minimum absolute atomic E-state index is 0.231. The van der Waals surface area contributed by atoms with Crippen LogP contribution in [0.4, 0.5) is 0 Å². The van der Waals surface area contributed by atoms with E-state index in [1.165, 1.54) is 0 Å². The summed E-state index contributed by atoms with van der Waals surface area (Å²) in [4.78, 5) is 4.65. The fraction of sp³-hybridized carbons (Fsp3) is 0. The van der Waals surface area contributed by atoms with Gasteiger partial charge in [0.1, 0.15) is 10.7 Å². The molecule has 1 aromatic heterocycles. The third-order valence-electron chi connectivity index (χ3n) is 2.92. The summed E-state index contributed by atoms with van der Waals surface area (Å²) >= 11 is 5.07. The van der Waals surface area contributed by atoms with Crippen LogP contribution in [0.15, 0.2) is 65.1 Å². The van der Waals surface area contributed by atoms with E-state index in [2.05, 4.69) is 4.98 Å². The smallest absolute Gasteiger partial charge is 0.227 e. The summed E-state index contributed by atoms with van der Waals surface area (Å²) in [6.45, 7) is 0. The molecule has 0 saturated heterocycles. The highest BCUT2D eigenvalue weighted by Gasteiger charge is 2.17. The Morgan fingerprint density at radius 1 is 0.900 bits per heavy atom. The maximum atomic E-state index is 5.87. The number of hydrogen-bond donors (Lipinski definition) is 1. The Labute approximate surface area is 122 Å². The van der Waals surface area contributed by atoms with Gasteiger partial charge < -0.3 is 10.2 Å². The lowest BCUT2D eigenvalue weighted by atomic mass is 10.1. The van der Waals surface area contributed by atoms with Crippen molar-refractivity contribution in [3.05, 3.63) is 66.4 Å². The predicted molar refractivity (Wildman–Crippen MR) is 83.3 cm³/mol. The molecule has 0 radical (unpaired) electrons. The molecule has 3 rings (SSSR count). The van der Waals surface area contributed by atoms with Gasteiger partial charge in [-0.25, -0.2) is 4.98 Å². The fourth-order valence-electron chi connectivity index (χ4n) is 1.98. The van der Waals surface area contributed by atoms with Gasteiger partial charge in [0.25, 0.3) is 0 Å². The van der Waals surface area contributed by atoms with Crippen LogP contribution in [0, 0.1) is 0 Å². The molecule has 3 aromatic rings. The summed E-state index contributed by atoms with van der Waals surface area (Å²) in [7, 11) is 0. The van der Waals surface area contributed by atoms with Crippen LogP contribution in [0.5, 0.6) is 0 Å². The molecular weight excluding hydrogens is 268 g/mol. The van der Waals surface area contributed by atoms with E-state index in [4.69, 9.17) is 22.4 Å². The first-order chi connectivity index (χ1) is 9.75. The van der Waals surface area contributed by atoms with Crippen molar-refractivity contribution in [2.45, 2.75) is 0 Å². The largest absolute Gasteiger partial charge is 0.435 e. The van der Waals surface area contributed by atoms with E-state index in [-0.39, 0.29) is 4.99 Å². The van der Waals surface area contributed by atoms with Crippen LogP contribution in [-0.4, -0.2) is 9.97 Å². The summed E-state index contributed by atoms with van der Waals surface area (Å²) in [5.41, 5.74) is 8.07. The van der Waals surface area contributed by atoms with Gasteiger partial charge in [-0.2, -0.15) is 0 Å². The van der Waals surface area contributed by atoms with E-state index in [1.54, 1.807) is 0 Å². The quantitative estimate of drug-likeness (QED) is 0.744. The maximum Gasteiger partial charge on any atom is 0.227 e. The van der Waals surface area contributed by atoms with E-state index in [1.807, 2.05) is 60.7 Å². The Morgan fingerprint density at radius 3 is 2.00 bits per heavy atom.